The number of pyridine rings is 5. The zero-order valence-electron chi connectivity index (χ0n) is 31.7. The van der Waals surface area contributed by atoms with Crippen LogP contribution in [0.3, 0.4) is 0 Å². The van der Waals surface area contributed by atoms with Crippen LogP contribution in [0.25, 0.3) is 11.3 Å². The van der Waals surface area contributed by atoms with Crippen LogP contribution in [0.4, 0.5) is 72.0 Å². The number of halogens is 6. The highest BCUT2D eigenvalue weighted by molar-refractivity contribution is 6.29. The van der Waals surface area contributed by atoms with E-state index in [9.17, 15) is 31.5 Å². The molecule has 4 amide bonds. The first-order chi connectivity index (χ1) is 28.9. The Kier molecular flexibility index (Phi) is 10.2. The normalized spacial score (nSPS) is 20.0. The van der Waals surface area contributed by atoms with Crippen molar-refractivity contribution in [1.29, 1.82) is 0 Å². The van der Waals surface area contributed by atoms with Gasteiger partial charge in [-0.1, -0.05) is 11.6 Å². The zero-order chi connectivity index (χ0) is 41.7. The number of aromatic nitrogens is 5. The lowest BCUT2D eigenvalue weighted by atomic mass is 10.1. The van der Waals surface area contributed by atoms with Crippen molar-refractivity contribution in [2.24, 2.45) is 5.92 Å². The van der Waals surface area contributed by atoms with Crippen molar-refractivity contribution in [3.8, 4) is 11.3 Å². The van der Waals surface area contributed by atoms with Gasteiger partial charge in [0.15, 0.2) is 11.6 Å². The first kappa shape index (κ1) is 39.1. The Hall–Kier alpha value is -6.37. The van der Waals surface area contributed by atoms with E-state index in [-0.39, 0.29) is 43.4 Å². The van der Waals surface area contributed by atoms with Gasteiger partial charge in [-0.15, -0.1) is 0 Å². The van der Waals surface area contributed by atoms with E-state index in [1.807, 2.05) is 18.2 Å². The molecule has 10 heterocycles. The summed E-state index contributed by atoms with van der Waals surface area (Å²) in [5.74, 6) is -0.304. The number of nitrogens with zero attached hydrogens (tertiary/aromatic N) is 10. The Bertz CT molecular complexity index is 2430. The van der Waals surface area contributed by atoms with Gasteiger partial charge in [-0.25, -0.2) is 43.3 Å². The van der Waals surface area contributed by atoms with E-state index in [0.717, 1.165) is 56.2 Å². The predicted octanol–water partition coefficient (Wildman–Crippen LogP) is 7.60. The average molecular weight is 847 g/mol. The van der Waals surface area contributed by atoms with E-state index in [1.54, 1.807) is 39.1 Å². The summed E-state index contributed by atoms with van der Waals surface area (Å²) in [5.41, 5.74) is 2.98. The summed E-state index contributed by atoms with van der Waals surface area (Å²) in [4.78, 5) is 56.5. The molecule has 5 aliphatic rings. The number of hydrogen-bond donors (Lipinski definition) is 2. The molecule has 2 N–H and O–H groups in total. The van der Waals surface area contributed by atoms with Crippen LogP contribution in [0.1, 0.15) is 19.3 Å². The van der Waals surface area contributed by atoms with Crippen LogP contribution in [0.15, 0.2) is 79.3 Å². The third-order valence-corrected chi connectivity index (χ3v) is 11.5. The Morgan fingerprint density at radius 3 is 1.78 bits per heavy atom. The second-order valence-electron chi connectivity index (χ2n) is 15.0. The molecule has 14 nitrogen and oxygen atoms in total. The molecule has 5 aliphatic heterocycles. The van der Waals surface area contributed by atoms with Gasteiger partial charge in [0.05, 0.1) is 47.5 Å². The number of carbonyl (C=O) groups is 2. The van der Waals surface area contributed by atoms with Crippen LogP contribution in [0, 0.1) is 17.6 Å². The molecule has 20 heteroatoms. The Labute approximate surface area is 345 Å². The number of carbonyl (C=O) groups excluding carboxylic acids is 2. The number of urea groups is 2. The van der Waals surface area contributed by atoms with Crippen molar-refractivity contribution in [3.63, 3.8) is 0 Å². The first-order valence-corrected chi connectivity index (χ1v) is 19.6. The number of hydrogen-bond acceptors (Lipinski definition) is 10. The molecule has 5 aromatic heterocycles. The number of fused-ring (bicyclic) bond motifs is 8. The van der Waals surface area contributed by atoms with Gasteiger partial charge < -0.3 is 14.7 Å². The van der Waals surface area contributed by atoms with Gasteiger partial charge in [-0.2, -0.15) is 13.2 Å². The highest BCUT2D eigenvalue weighted by atomic mass is 35.5. The fourth-order valence-electron chi connectivity index (χ4n) is 8.31. The van der Waals surface area contributed by atoms with Crippen LogP contribution in [0.5, 0.6) is 0 Å². The standard InChI is InChI=1S/C25H23F4N7O.C15H13ClFN5O/c26-17-1-4-21(31-12-17)33-24(37)36-18-7-10-34(14-18)20-3-2-19(32-23(20)36)15-5-8-30-22(11-15)35-9-6-16(13-35)25(27,28)29;16-12-3-2-11-14(19-12)22(10-5-6-21(11)8-10)15(23)20-13-4-1-9(17)7-18-13/h1-5,8,11-12,16,18H,6-7,9-10,13-14H2,(H,31,33,37);1-4,7,10H,5-6,8H2,(H,18,20,23)/t16?,18-;10-/m00/s1. The van der Waals surface area contributed by atoms with Crippen LogP contribution in [-0.4, -0.2) is 94.5 Å². The van der Waals surface area contributed by atoms with Crippen molar-refractivity contribution >= 4 is 64.1 Å². The summed E-state index contributed by atoms with van der Waals surface area (Å²) in [7, 11) is 0. The second-order valence-corrected chi connectivity index (χ2v) is 15.4. The summed E-state index contributed by atoms with van der Waals surface area (Å²) in [6.45, 7) is 3.25. The fraction of sp³-hybridized carbons (Fsp3) is 0.325. The smallest absolute Gasteiger partial charge is 0.366 e. The number of anilines is 7. The first-order valence-electron chi connectivity index (χ1n) is 19.3. The maximum absolute atomic E-state index is 13.3. The molecule has 4 bridgehead atoms. The van der Waals surface area contributed by atoms with E-state index in [0.29, 0.717) is 46.2 Å². The largest absolute Gasteiger partial charge is 0.393 e. The molecular formula is C40H36ClF5N12O2. The van der Waals surface area contributed by atoms with Crippen molar-refractivity contribution < 1.29 is 31.5 Å². The van der Waals surface area contributed by atoms with Crippen LogP contribution < -0.4 is 35.1 Å². The molecule has 0 saturated carbocycles. The van der Waals surface area contributed by atoms with E-state index in [4.69, 9.17) is 16.6 Å². The van der Waals surface area contributed by atoms with Gasteiger partial charge in [0.25, 0.3) is 0 Å². The minimum atomic E-state index is -4.23. The van der Waals surface area contributed by atoms with Gasteiger partial charge in [-0.05, 0) is 79.9 Å². The van der Waals surface area contributed by atoms with Gasteiger partial charge >= 0.3 is 18.2 Å². The molecule has 3 saturated heterocycles. The Balaban J connectivity index is 0.000000172. The number of rotatable bonds is 4. The third-order valence-electron chi connectivity index (χ3n) is 11.2. The minimum absolute atomic E-state index is 0.0360. The molecule has 0 spiro atoms. The lowest BCUT2D eigenvalue weighted by Gasteiger charge is -2.35. The van der Waals surface area contributed by atoms with Crippen LogP contribution in [0.2, 0.25) is 5.15 Å². The van der Waals surface area contributed by atoms with Crippen LogP contribution in [-0.2, 0) is 0 Å². The Morgan fingerprint density at radius 1 is 0.667 bits per heavy atom. The lowest BCUT2D eigenvalue weighted by molar-refractivity contribution is -0.168. The number of alkyl halides is 3. The summed E-state index contributed by atoms with van der Waals surface area (Å²) >= 11 is 6.00. The molecule has 0 radical (unpaired) electrons. The Morgan fingerprint density at radius 2 is 1.23 bits per heavy atom. The molecule has 60 heavy (non-hydrogen) atoms. The van der Waals surface area contributed by atoms with Gasteiger partial charge in [0, 0.05) is 51.0 Å². The van der Waals surface area contributed by atoms with Gasteiger partial charge in [0.1, 0.15) is 34.2 Å². The lowest BCUT2D eigenvalue weighted by Crippen LogP contribution is -2.48. The summed E-state index contributed by atoms with van der Waals surface area (Å²) in [6.07, 6.45) is 1.09. The zero-order valence-corrected chi connectivity index (χ0v) is 32.4. The second kappa shape index (κ2) is 15.7. The summed E-state index contributed by atoms with van der Waals surface area (Å²) in [5, 5.41) is 5.75. The van der Waals surface area contributed by atoms with E-state index >= 15 is 0 Å². The van der Waals surface area contributed by atoms with Crippen molar-refractivity contribution in [2.75, 3.05) is 74.4 Å². The number of nitrogens with one attached hydrogen (secondary N) is 2. The molecule has 5 aromatic rings. The summed E-state index contributed by atoms with van der Waals surface area (Å²) < 4.78 is 65.7. The highest BCUT2D eigenvalue weighted by Gasteiger charge is 2.44. The molecule has 310 valence electrons. The minimum Gasteiger partial charge on any atom is -0.366 e. The van der Waals surface area contributed by atoms with Crippen molar-refractivity contribution in [1.82, 2.24) is 24.9 Å². The predicted molar refractivity (Wildman–Crippen MR) is 216 cm³/mol. The molecule has 10 rings (SSSR count). The third kappa shape index (κ3) is 7.76. The van der Waals surface area contributed by atoms with Crippen molar-refractivity contribution in [2.45, 2.75) is 37.5 Å². The topological polar surface area (TPSA) is 139 Å². The average Bonchev–Trinajstić information content (AvgIpc) is 4.01. The van der Waals surface area contributed by atoms with Crippen molar-refractivity contribution in [3.05, 3.63) is 96.0 Å². The van der Waals surface area contributed by atoms with E-state index in [1.165, 1.54) is 24.3 Å². The maximum Gasteiger partial charge on any atom is 0.393 e. The maximum atomic E-state index is 13.3. The van der Waals surface area contributed by atoms with Crippen LogP contribution >= 0.6 is 11.6 Å². The highest BCUT2D eigenvalue weighted by Crippen LogP contribution is 2.42. The van der Waals surface area contributed by atoms with E-state index in [2.05, 4.69) is 40.4 Å². The van der Waals surface area contributed by atoms with Gasteiger partial charge in [-0.3, -0.25) is 20.4 Å². The number of amides is 4. The monoisotopic (exact) mass is 846 g/mol. The molecular weight excluding hydrogens is 811 g/mol. The molecule has 3 fully saturated rings. The molecule has 0 aliphatic carbocycles. The van der Waals surface area contributed by atoms with Gasteiger partial charge in [0.2, 0.25) is 0 Å². The van der Waals surface area contributed by atoms with E-state index < -0.39 is 29.8 Å². The fourth-order valence-corrected chi connectivity index (χ4v) is 8.45. The SMILES string of the molecule is O=C(Nc1ccc(F)cn1)N1c2nc(-c3ccnc(N4CCC(C(F)(F)F)C4)c3)ccc2N2CC[C@H]1C2.O=C(Nc1ccc(F)cn1)N1c2nc(Cl)ccc2N2CC[C@H]1C2. The summed E-state index contributed by atoms with van der Waals surface area (Å²) in [6, 6.07) is 15.3. The molecule has 0 aromatic carbocycles. The quantitative estimate of drug-likeness (QED) is 0.137. The molecule has 1 unspecified atom stereocenters. The molecule has 3 atom stereocenters.